The summed E-state index contributed by atoms with van der Waals surface area (Å²) in [7, 11) is 0. The predicted octanol–water partition coefficient (Wildman–Crippen LogP) is 3.00. The van der Waals surface area contributed by atoms with Crippen molar-refractivity contribution in [1.29, 1.82) is 0 Å². The molecular weight excluding hydrogens is 216 g/mol. The third kappa shape index (κ3) is 3.19. The van der Waals surface area contributed by atoms with Crippen LogP contribution in [0.25, 0.3) is 0 Å². The number of hydrogen-bond acceptors (Lipinski definition) is 3. The average molecular weight is 236 g/mol. The maximum absolute atomic E-state index is 11.2. The molecule has 0 spiro atoms. The zero-order chi connectivity index (χ0) is 13.0. The molecule has 2 N–H and O–H groups in total. The summed E-state index contributed by atoms with van der Waals surface area (Å²) >= 11 is 0. The highest BCUT2D eigenvalue weighted by Crippen LogP contribution is 2.20. The summed E-state index contributed by atoms with van der Waals surface area (Å²) in [6, 6.07) is 2.06. The van der Waals surface area contributed by atoms with Gasteiger partial charge in [0, 0.05) is 11.7 Å². The molecule has 0 aliphatic rings. The van der Waals surface area contributed by atoms with Crippen LogP contribution in [0.1, 0.15) is 48.3 Å². The van der Waals surface area contributed by atoms with E-state index in [-0.39, 0.29) is 11.6 Å². The highest BCUT2D eigenvalue weighted by atomic mass is 16.4. The van der Waals surface area contributed by atoms with Gasteiger partial charge in [0.1, 0.15) is 11.4 Å². The standard InChI is InChI=1S/C13H20N2O2/c1-5-10(6-2)15-12-11(13(16)17)8(3)7-9(4)14-12/h7,10H,5-6H2,1-4H3,(H,14,15)(H,16,17). The Hall–Kier alpha value is -1.58. The van der Waals surface area contributed by atoms with Gasteiger partial charge >= 0.3 is 5.97 Å². The molecule has 1 heterocycles. The van der Waals surface area contributed by atoms with Crippen LogP contribution in [0.15, 0.2) is 6.07 Å². The molecule has 0 atom stereocenters. The molecule has 0 amide bonds. The Balaban J connectivity index is 3.16. The lowest BCUT2D eigenvalue weighted by atomic mass is 10.1. The van der Waals surface area contributed by atoms with Gasteiger partial charge in [-0.15, -0.1) is 0 Å². The number of anilines is 1. The molecule has 1 aromatic rings. The van der Waals surface area contributed by atoms with E-state index in [1.165, 1.54) is 0 Å². The van der Waals surface area contributed by atoms with Gasteiger partial charge in [-0.25, -0.2) is 9.78 Å². The first-order chi connectivity index (χ1) is 7.99. The van der Waals surface area contributed by atoms with Gasteiger partial charge in [-0.2, -0.15) is 0 Å². The van der Waals surface area contributed by atoms with E-state index in [0.717, 1.165) is 24.1 Å². The zero-order valence-corrected chi connectivity index (χ0v) is 10.9. The van der Waals surface area contributed by atoms with Crippen molar-refractivity contribution in [2.45, 2.75) is 46.6 Å². The van der Waals surface area contributed by atoms with E-state index in [9.17, 15) is 9.90 Å². The first kappa shape index (κ1) is 13.5. The van der Waals surface area contributed by atoms with Crippen LogP contribution in [0.5, 0.6) is 0 Å². The third-order valence-electron chi connectivity index (χ3n) is 2.88. The van der Waals surface area contributed by atoms with Gasteiger partial charge in [0.05, 0.1) is 0 Å². The van der Waals surface area contributed by atoms with Crippen molar-refractivity contribution in [3.8, 4) is 0 Å². The number of rotatable bonds is 5. The Morgan fingerprint density at radius 2 is 2.00 bits per heavy atom. The van der Waals surface area contributed by atoms with Crippen LogP contribution in [0.2, 0.25) is 0 Å². The molecule has 4 heteroatoms. The molecule has 17 heavy (non-hydrogen) atoms. The van der Waals surface area contributed by atoms with Crippen LogP contribution < -0.4 is 5.32 Å². The molecule has 0 aliphatic carbocycles. The van der Waals surface area contributed by atoms with E-state index in [4.69, 9.17) is 0 Å². The van der Waals surface area contributed by atoms with E-state index in [1.54, 1.807) is 13.0 Å². The summed E-state index contributed by atoms with van der Waals surface area (Å²) in [5.74, 6) is -0.438. The lowest BCUT2D eigenvalue weighted by Gasteiger charge is -2.18. The molecule has 1 aromatic heterocycles. The number of pyridine rings is 1. The van der Waals surface area contributed by atoms with Gasteiger partial charge in [0.2, 0.25) is 0 Å². The lowest BCUT2D eigenvalue weighted by Crippen LogP contribution is -2.21. The number of aromatic nitrogens is 1. The molecule has 94 valence electrons. The Morgan fingerprint density at radius 1 is 1.41 bits per heavy atom. The summed E-state index contributed by atoms with van der Waals surface area (Å²) in [6.45, 7) is 7.82. The van der Waals surface area contributed by atoms with Gasteiger partial charge in [-0.1, -0.05) is 13.8 Å². The van der Waals surface area contributed by atoms with Crippen molar-refractivity contribution < 1.29 is 9.90 Å². The number of carboxylic acids is 1. The molecule has 1 rings (SSSR count). The average Bonchev–Trinajstić information content (AvgIpc) is 2.24. The van der Waals surface area contributed by atoms with Crippen molar-refractivity contribution in [3.63, 3.8) is 0 Å². The molecule has 0 fully saturated rings. The molecule has 0 aromatic carbocycles. The topological polar surface area (TPSA) is 62.2 Å². The highest BCUT2D eigenvalue weighted by Gasteiger charge is 2.17. The van der Waals surface area contributed by atoms with Crippen LogP contribution in [0, 0.1) is 13.8 Å². The van der Waals surface area contributed by atoms with E-state index < -0.39 is 5.97 Å². The summed E-state index contributed by atoms with van der Waals surface area (Å²) in [4.78, 5) is 15.5. The summed E-state index contributed by atoms with van der Waals surface area (Å²) in [5, 5.41) is 12.4. The Labute approximate surface area is 102 Å². The minimum Gasteiger partial charge on any atom is -0.478 e. The Morgan fingerprint density at radius 3 is 2.47 bits per heavy atom. The zero-order valence-electron chi connectivity index (χ0n) is 10.9. The Kier molecular flexibility index (Phi) is 4.49. The minimum absolute atomic E-state index is 0.266. The number of hydrogen-bond donors (Lipinski definition) is 2. The number of aromatic carboxylic acids is 1. The van der Waals surface area contributed by atoms with Gasteiger partial charge in [-0.05, 0) is 38.3 Å². The number of nitrogens with one attached hydrogen (secondary N) is 1. The van der Waals surface area contributed by atoms with Crippen LogP contribution >= 0.6 is 0 Å². The molecule has 0 saturated heterocycles. The fourth-order valence-corrected chi connectivity index (χ4v) is 1.90. The second-order valence-electron chi connectivity index (χ2n) is 4.27. The normalized spacial score (nSPS) is 10.6. The van der Waals surface area contributed by atoms with Crippen molar-refractivity contribution in [3.05, 3.63) is 22.9 Å². The van der Waals surface area contributed by atoms with E-state index in [2.05, 4.69) is 24.1 Å². The van der Waals surface area contributed by atoms with Crippen LogP contribution in [0.4, 0.5) is 5.82 Å². The SMILES string of the molecule is CCC(CC)Nc1nc(C)cc(C)c1C(=O)O. The number of carboxylic acid groups (broad SMARTS) is 1. The summed E-state index contributed by atoms with van der Waals surface area (Å²) < 4.78 is 0. The van der Waals surface area contributed by atoms with Gasteiger partial charge < -0.3 is 10.4 Å². The molecule has 4 nitrogen and oxygen atoms in total. The quantitative estimate of drug-likeness (QED) is 0.825. The monoisotopic (exact) mass is 236 g/mol. The lowest BCUT2D eigenvalue weighted by molar-refractivity contribution is 0.0696. The third-order valence-corrected chi connectivity index (χ3v) is 2.88. The van der Waals surface area contributed by atoms with Crippen LogP contribution in [-0.2, 0) is 0 Å². The van der Waals surface area contributed by atoms with Crippen molar-refractivity contribution in [2.24, 2.45) is 0 Å². The van der Waals surface area contributed by atoms with Crippen LogP contribution in [0.3, 0.4) is 0 Å². The Bertz CT molecular complexity index is 412. The van der Waals surface area contributed by atoms with E-state index in [1.807, 2.05) is 6.92 Å². The highest BCUT2D eigenvalue weighted by molar-refractivity contribution is 5.94. The summed E-state index contributed by atoms with van der Waals surface area (Å²) in [6.07, 6.45) is 1.90. The first-order valence-corrected chi connectivity index (χ1v) is 5.97. The van der Waals surface area contributed by atoms with Gasteiger partial charge in [0.25, 0.3) is 0 Å². The number of aryl methyl sites for hydroxylation is 2. The van der Waals surface area contributed by atoms with Crippen molar-refractivity contribution in [2.75, 3.05) is 5.32 Å². The predicted molar refractivity (Wildman–Crippen MR) is 68.7 cm³/mol. The molecular formula is C13H20N2O2. The van der Waals surface area contributed by atoms with Gasteiger partial charge in [-0.3, -0.25) is 0 Å². The maximum atomic E-state index is 11.2. The van der Waals surface area contributed by atoms with Crippen molar-refractivity contribution in [1.82, 2.24) is 4.98 Å². The fourth-order valence-electron chi connectivity index (χ4n) is 1.90. The molecule has 0 unspecified atom stereocenters. The summed E-state index contributed by atoms with van der Waals surface area (Å²) in [5.41, 5.74) is 1.86. The second kappa shape index (κ2) is 5.66. The van der Waals surface area contributed by atoms with Crippen molar-refractivity contribution >= 4 is 11.8 Å². The minimum atomic E-state index is -0.927. The maximum Gasteiger partial charge on any atom is 0.339 e. The smallest absolute Gasteiger partial charge is 0.339 e. The second-order valence-corrected chi connectivity index (χ2v) is 4.27. The van der Waals surface area contributed by atoms with E-state index >= 15 is 0 Å². The molecule has 0 radical (unpaired) electrons. The first-order valence-electron chi connectivity index (χ1n) is 5.97. The van der Waals surface area contributed by atoms with E-state index in [0.29, 0.717) is 5.82 Å². The number of nitrogens with zero attached hydrogens (tertiary/aromatic N) is 1. The molecule has 0 saturated carbocycles. The number of carbonyl (C=O) groups is 1. The van der Waals surface area contributed by atoms with Gasteiger partial charge in [0.15, 0.2) is 0 Å². The largest absolute Gasteiger partial charge is 0.478 e. The van der Waals surface area contributed by atoms with Crippen LogP contribution in [-0.4, -0.2) is 22.1 Å². The molecule has 0 bridgehead atoms. The fraction of sp³-hybridized carbons (Fsp3) is 0.538. The molecule has 0 aliphatic heterocycles.